The zero-order chi connectivity index (χ0) is 17.6. The first-order valence-corrected chi connectivity index (χ1v) is 9.44. The van der Waals surface area contributed by atoms with Crippen LogP contribution in [0.3, 0.4) is 0 Å². The number of H-pyrrole nitrogens is 1. The van der Waals surface area contributed by atoms with Crippen molar-refractivity contribution in [1.29, 1.82) is 0 Å². The van der Waals surface area contributed by atoms with Gasteiger partial charge in [0.1, 0.15) is 11.3 Å². The number of aromatic amines is 1. The summed E-state index contributed by atoms with van der Waals surface area (Å²) < 4.78 is 0. The van der Waals surface area contributed by atoms with Crippen LogP contribution in [0.4, 0.5) is 5.82 Å². The van der Waals surface area contributed by atoms with E-state index in [1.807, 2.05) is 19.1 Å². The molecule has 0 bridgehead atoms. The Balaban J connectivity index is 0.00000196. The lowest BCUT2D eigenvalue weighted by Gasteiger charge is -2.28. The van der Waals surface area contributed by atoms with Crippen molar-refractivity contribution < 1.29 is 0 Å². The maximum atomic E-state index is 6.40. The van der Waals surface area contributed by atoms with Crippen LogP contribution in [-0.2, 0) is 0 Å². The number of halogens is 4. The van der Waals surface area contributed by atoms with E-state index < -0.39 is 0 Å². The molecular formula is C18H18Cl4N4. The van der Waals surface area contributed by atoms with Gasteiger partial charge in [0, 0.05) is 24.3 Å². The SMILES string of the molecule is Cc1nc(N2CCCCC2)c2[nH]c(-c3ccc(Cl)c(Cl)c3Cl)cc2n1.Cl. The minimum absolute atomic E-state index is 0. The molecule has 8 heteroatoms. The zero-order valence-electron chi connectivity index (χ0n) is 14.2. The fourth-order valence-corrected chi connectivity index (χ4v) is 3.96. The molecule has 3 heterocycles. The number of aryl methyl sites for hydroxylation is 1. The third kappa shape index (κ3) is 3.48. The quantitative estimate of drug-likeness (QED) is 0.483. The molecule has 26 heavy (non-hydrogen) atoms. The van der Waals surface area contributed by atoms with E-state index in [2.05, 4.69) is 19.9 Å². The third-order valence-corrected chi connectivity index (χ3v) is 5.84. The predicted molar refractivity (Wildman–Crippen MR) is 112 cm³/mol. The molecule has 0 atom stereocenters. The number of nitrogens with zero attached hydrogens (tertiary/aromatic N) is 3. The normalized spacial score (nSPS) is 14.5. The molecule has 4 rings (SSSR count). The highest BCUT2D eigenvalue weighted by molar-refractivity contribution is 6.49. The second-order valence-electron chi connectivity index (χ2n) is 6.31. The van der Waals surface area contributed by atoms with Gasteiger partial charge in [-0.2, -0.15) is 0 Å². The van der Waals surface area contributed by atoms with Crippen molar-refractivity contribution in [3.63, 3.8) is 0 Å². The second-order valence-corrected chi connectivity index (χ2v) is 7.47. The maximum absolute atomic E-state index is 6.40. The summed E-state index contributed by atoms with van der Waals surface area (Å²) in [4.78, 5) is 15.0. The molecule has 0 unspecified atom stereocenters. The van der Waals surface area contributed by atoms with Crippen molar-refractivity contribution in [1.82, 2.24) is 15.0 Å². The van der Waals surface area contributed by atoms with E-state index in [9.17, 15) is 0 Å². The van der Waals surface area contributed by atoms with E-state index in [4.69, 9.17) is 34.8 Å². The van der Waals surface area contributed by atoms with E-state index in [1.165, 1.54) is 19.3 Å². The molecule has 1 fully saturated rings. The van der Waals surface area contributed by atoms with Gasteiger partial charge in [-0.3, -0.25) is 0 Å². The summed E-state index contributed by atoms with van der Waals surface area (Å²) in [7, 11) is 0. The Kier molecular flexibility index (Phi) is 5.88. The number of rotatable bonds is 2. The lowest BCUT2D eigenvalue weighted by Crippen LogP contribution is -2.30. The Hall–Kier alpha value is -1.20. The Morgan fingerprint density at radius 1 is 1.00 bits per heavy atom. The number of piperidine rings is 1. The van der Waals surface area contributed by atoms with Gasteiger partial charge < -0.3 is 9.88 Å². The molecule has 1 aromatic carbocycles. The van der Waals surface area contributed by atoms with E-state index in [0.29, 0.717) is 15.1 Å². The van der Waals surface area contributed by atoms with Crippen LogP contribution in [0.2, 0.25) is 15.1 Å². The van der Waals surface area contributed by atoms with Crippen LogP contribution in [0.5, 0.6) is 0 Å². The molecule has 138 valence electrons. The number of benzene rings is 1. The Bertz CT molecular complexity index is 948. The van der Waals surface area contributed by atoms with Crippen LogP contribution in [0.25, 0.3) is 22.3 Å². The van der Waals surface area contributed by atoms with E-state index in [0.717, 1.165) is 47.0 Å². The fourth-order valence-electron chi connectivity index (χ4n) is 3.32. The lowest BCUT2D eigenvalue weighted by atomic mass is 10.1. The first-order chi connectivity index (χ1) is 12.0. The van der Waals surface area contributed by atoms with Crippen LogP contribution in [-0.4, -0.2) is 28.0 Å². The minimum atomic E-state index is 0. The molecule has 1 aliphatic rings. The molecule has 3 aromatic rings. The van der Waals surface area contributed by atoms with Crippen molar-refractivity contribution in [3.8, 4) is 11.3 Å². The first kappa shape index (κ1) is 19.6. The topological polar surface area (TPSA) is 44.8 Å². The molecule has 1 saturated heterocycles. The first-order valence-electron chi connectivity index (χ1n) is 8.31. The Morgan fingerprint density at radius 2 is 1.73 bits per heavy atom. The number of anilines is 1. The zero-order valence-corrected chi connectivity index (χ0v) is 17.2. The van der Waals surface area contributed by atoms with Crippen LogP contribution in [0.15, 0.2) is 18.2 Å². The lowest BCUT2D eigenvalue weighted by molar-refractivity contribution is 0.574. The van der Waals surface area contributed by atoms with Gasteiger partial charge in [-0.1, -0.05) is 34.8 Å². The summed E-state index contributed by atoms with van der Waals surface area (Å²) >= 11 is 18.6. The average Bonchev–Trinajstić information content (AvgIpc) is 3.03. The van der Waals surface area contributed by atoms with Crippen LogP contribution in [0, 0.1) is 6.92 Å². The van der Waals surface area contributed by atoms with Gasteiger partial charge in [0.15, 0.2) is 5.82 Å². The molecule has 4 nitrogen and oxygen atoms in total. The van der Waals surface area contributed by atoms with Gasteiger partial charge in [-0.25, -0.2) is 9.97 Å². The molecule has 0 saturated carbocycles. The van der Waals surface area contributed by atoms with Crippen LogP contribution >= 0.6 is 47.2 Å². The van der Waals surface area contributed by atoms with Gasteiger partial charge in [0.2, 0.25) is 0 Å². The van der Waals surface area contributed by atoms with Gasteiger partial charge >= 0.3 is 0 Å². The van der Waals surface area contributed by atoms with Crippen molar-refractivity contribution in [3.05, 3.63) is 39.1 Å². The number of hydrogen-bond acceptors (Lipinski definition) is 3. The summed E-state index contributed by atoms with van der Waals surface area (Å²) in [6, 6.07) is 5.60. The number of hydrogen-bond donors (Lipinski definition) is 1. The van der Waals surface area contributed by atoms with E-state index in [-0.39, 0.29) is 12.4 Å². The van der Waals surface area contributed by atoms with E-state index >= 15 is 0 Å². The monoisotopic (exact) mass is 430 g/mol. The standard InChI is InChI=1S/C18H17Cl3N4.ClH/c1-10-22-14-9-13(11-5-6-12(19)16(21)15(11)20)24-17(14)18(23-10)25-7-3-2-4-8-25;/h5-6,9,24H,2-4,7-8H2,1H3;1H. The van der Waals surface area contributed by atoms with Gasteiger partial charge in [-0.15, -0.1) is 12.4 Å². The van der Waals surface area contributed by atoms with Crippen molar-refractivity contribution in [2.45, 2.75) is 26.2 Å². The third-order valence-electron chi connectivity index (χ3n) is 4.55. The second kappa shape index (κ2) is 7.81. The molecule has 0 radical (unpaired) electrons. The summed E-state index contributed by atoms with van der Waals surface area (Å²) in [5.74, 6) is 1.73. The minimum Gasteiger partial charge on any atom is -0.355 e. The van der Waals surface area contributed by atoms with Crippen molar-refractivity contribution >= 4 is 64.1 Å². The van der Waals surface area contributed by atoms with Crippen LogP contribution in [0.1, 0.15) is 25.1 Å². The van der Waals surface area contributed by atoms with Crippen LogP contribution < -0.4 is 4.90 Å². The summed E-state index contributed by atoms with van der Waals surface area (Å²) in [6.07, 6.45) is 3.66. The molecule has 1 aliphatic heterocycles. The Labute approximate surface area is 173 Å². The molecule has 2 aromatic heterocycles. The molecule has 0 aliphatic carbocycles. The molecule has 0 amide bonds. The highest BCUT2D eigenvalue weighted by Gasteiger charge is 2.19. The van der Waals surface area contributed by atoms with Gasteiger partial charge in [0.05, 0.1) is 20.6 Å². The molecule has 1 N–H and O–H groups in total. The van der Waals surface area contributed by atoms with E-state index in [1.54, 1.807) is 6.07 Å². The van der Waals surface area contributed by atoms with Crippen molar-refractivity contribution in [2.75, 3.05) is 18.0 Å². The van der Waals surface area contributed by atoms with Crippen molar-refractivity contribution in [2.24, 2.45) is 0 Å². The highest BCUT2D eigenvalue weighted by Crippen LogP contribution is 2.39. The number of fused-ring (bicyclic) bond motifs is 1. The van der Waals surface area contributed by atoms with Gasteiger partial charge in [-0.05, 0) is 44.4 Å². The summed E-state index contributed by atoms with van der Waals surface area (Å²) in [5, 5.41) is 1.24. The largest absolute Gasteiger partial charge is 0.355 e. The summed E-state index contributed by atoms with van der Waals surface area (Å²) in [6.45, 7) is 3.96. The average molecular weight is 432 g/mol. The number of nitrogens with one attached hydrogen (secondary N) is 1. The Morgan fingerprint density at radius 3 is 2.46 bits per heavy atom. The highest BCUT2D eigenvalue weighted by atomic mass is 35.5. The van der Waals surface area contributed by atoms with Gasteiger partial charge in [0.25, 0.3) is 0 Å². The molecule has 0 spiro atoms. The summed E-state index contributed by atoms with van der Waals surface area (Å²) in [5.41, 5.74) is 3.47. The maximum Gasteiger partial charge on any atom is 0.156 e. The fraction of sp³-hybridized carbons (Fsp3) is 0.333. The smallest absolute Gasteiger partial charge is 0.156 e. The number of aromatic nitrogens is 3. The predicted octanol–water partition coefficient (Wildman–Crippen LogP) is 6.31. The molecular weight excluding hydrogens is 414 g/mol.